The number of methoxy groups -OCH3 is 1. The molecule has 0 aliphatic heterocycles. The van der Waals surface area contributed by atoms with Crippen LogP contribution in [-0.4, -0.2) is 48.4 Å². The Morgan fingerprint density at radius 1 is 1.00 bits per heavy atom. The van der Waals surface area contributed by atoms with Gasteiger partial charge in [-0.15, -0.1) is 0 Å². The van der Waals surface area contributed by atoms with Crippen molar-refractivity contribution in [3.8, 4) is 11.5 Å². The first kappa shape index (κ1) is 24.4. The predicted molar refractivity (Wildman–Crippen MR) is 130 cm³/mol. The molecule has 0 N–H and O–H groups in total. The lowest BCUT2D eigenvalue weighted by Gasteiger charge is -2.60. The minimum atomic E-state index is -0.649. The monoisotopic (exact) mass is 495 g/mol. The van der Waals surface area contributed by atoms with Crippen molar-refractivity contribution in [3.05, 3.63) is 47.9 Å². The summed E-state index contributed by atoms with van der Waals surface area (Å²) in [5.41, 5.74) is 0.293. The zero-order valence-corrected chi connectivity index (χ0v) is 20.9. The van der Waals surface area contributed by atoms with Crippen LogP contribution in [0.2, 0.25) is 0 Å². The number of amides is 1. The number of hydrogen-bond donors (Lipinski definition) is 0. The fourth-order valence-electron chi connectivity index (χ4n) is 6.88. The maximum Gasteiger partial charge on any atom is 0.344 e. The Morgan fingerprint density at radius 3 is 2.28 bits per heavy atom. The second-order valence-corrected chi connectivity index (χ2v) is 10.6. The Morgan fingerprint density at radius 2 is 1.69 bits per heavy atom. The largest absolute Gasteiger partial charge is 0.493 e. The van der Waals surface area contributed by atoms with Crippen LogP contribution in [0.3, 0.4) is 0 Å². The van der Waals surface area contributed by atoms with Crippen molar-refractivity contribution >= 4 is 17.7 Å². The molecule has 1 heterocycles. The molecule has 6 rings (SSSR count). The fourth-order valence-corrected chi connectivity index (χ4v) is 6.88. The van der Waals surface area contributed by atoms with Gasteiger partial charge in [0.15, 0.2) is 30.5 Å². The predicted octanol–water partition coefficient (Wildman–Crippen LogP) is 4.41. The molecular formula is C28H33NO7. The van der Waals surface area contributed by atoms with Crippen molar-refractivity contribution in [1.82, 2.24) is 4.90 Å². The summed E-state index contributed by atoms with van der Waals surface area (Å²) in [4.78, 5) is 39.4. The molecular weight excluding hydrogens is 462 g/mol. The number of carbonyl (C=O) groups is 3. The number of nitrogens with zero attached hydrogens (tertiary/aromatic N) is 1. The van der Waals surface area contributed by atoms with Gasteiger partial charge in [-0.05, 0) is 93.5 Å². The molecule has 36 heavy (non-hydrogen) atoms. The Balaban J connectivity index is 1.22. The first-order valence-electron chi connectivity index (χ1n) is 12.7. The Labute approximate surface area is 210 Å². The molecule has 2 aromatic rings. The van der Waals surface area contributed by atoms with Crippen molar-refractivity contribution in [3.63, 3.8) is 0 Å². The molecule has 4 saturated carbocycles. The highest BCUT2D eigenvalue weighted by molar-refractivity contribution is 5.94. The Kier molecular flexibility index (Phi) is 6.77. The molecule has 4 aliphatic rings. The minimum absolute atomic E-state index is 0.101. The summed E-state index contributed by atoms with van der Waals surface area (Å²) in [5.74, 6) is 2.45. The number of ketones is 1. The molecule has 8 heteroatoms. The lowest BCUT2D eigenvalue weighted by molar-refractivity contribution is -0.164. The topological polar surface area (TPSA) is 95.3 Å². The van der Waals surface area contributed by atoms with Gasteiger partial charge in [0.1, 0.15) is 5.76 Å². The van der Waals surface area contributed by atoms with Crippen molar-refractivity contribution in [1.29, 1.82) is 0 Å². The third-order valence-corrected chi connectivity index (χ3v) is 8.05. The Bertz CT molecular complexity index is 1090. The summed E-state index contributed by atoms with van der Waals surface area (Å²) in [5, 5.41) is 0. The zero-order chi connectivity index (χ0) is 25.3. The van der Waals surface area contributed by atoms with E-state index in [0.29, 0.717) is 41.4 Å². The van der Waals surface area contributed by atoms with Crippen LogP contribution in [0.5, 0.6) is 11.5 Å². The number of carbonyl (C=O) groups excluding carboxylic acids is 3. The van der Waals surface area contributed by atoms with E-state index in [1.165, 1.54) is 33.3 Å². The van der Waals surface area contributed by atoms with E-state index in [0.717, 1.165) is 25.0 Å². The van der Waals surface area contributed by atoms with E-state index in [4.69, 9.17) is 18.6 Å². The van der Waals surface area contributed by atoms with Crippen LogP contribution >= 0.6 is 0 Å². The Hall–Kier alpha value is -3.29. The number of Topliss-reactive ketones (excluding diaryl/α,β-unsaturated/α-hetero) is 1. The van der Waals surface area contributed by atoms with E-state index in [9.17, 15) is 14.4 Å². The van der Waals surface area contributed by atoms with E-state index in [-0.39, 0.29) is 30.4 Å². The number of esters is 1. The highest BCUT2D eigenvalue weighted by Gasteiger charge is 2.54. The average Bonchev–Trinajstić information content (AvgIpc) is 3.37. The first-order chi connectivity index (χ1) is 17.3. The molecule has 0 radical (unpaired) electrons. The second-order valence-electron chi connectivity index (χ2n) is 10.6. The molecule has 4 fully saturated rings. The SMILES string of the molecule is COc1cc(C(C)=O)ccc1OCC(=O)OCC(=O)N(Cc1ccco1)C12CC3CC(CC(C3)C1)C2. The summed E-state index contributed by atoms with van der Waals surface area (Å²) in [7, 11) is 1.46. The van der Waals surface area contributed by atoms with Crippen LogP contribution in [0.4, 0.5) is 0 Å². The molecule has 0 saturated heterocycles. The summed E-state index contributed by atoms with van der Waals surface area (Å²) >= 11 is 0. The molecule has 1 amide bonds. The summed E-state index contributed by atoms with van der Waals surface area (Å²) in [6, 6.07) is 8.45. The van der Waals surface area contributed by atoms with Gasteiger partial charge in [-0.1, -0.05) is 0 Å². The highest BCUT2D eigenvalue weighted by Crippen LogP contribution is 2.58. The maximum absolute atomic E-state index is 13.5. The van der Waals surface area contributed by atoms with Gasteiger partial charge in [-0.25, -0.2) is 4.79 Å². The number of hydrogen-bond acceptors (Lipinski definition) is 7. The molecule has 4 bridgehead atoms. The van der Waals surface area contributed by atoms with Gasteiger partial charge in [0.05, 0.1) is 19.9 Å². The summed E-state index contributed by atoms with van der Waals surface area (Å²) in [6.45, 7) is 1.12. The molecule has 192 valence electrons. The number of furan rings is 1. The van der Waals surface area contributed by atoms with E-state index < -0.39 is 5.97 Å². The van der Waals surface area contributed by atoms with Gasteiger partial charge in [0.25, 0.3) is 5.91 Å². The smallest absolute Gasteiger partial charge is 0.344 e. The van der Waals surface area contributed by atoms with Gasteiger partial charge in [-0.3, -0.25) is 9.59 Å². The van der Waals surface area contributed by atoms with Crippen LogP contribution in [0.1, 0.15) is 61.6 Å². The molecule has 1 aromatic carbocycles. The maximum atomic E-state index is 13.5. The van der Waals surface area contributed by atoms with Gasteiger partial charge >= 0.3 is 5.97 Å². The van der Waals surface area contributed by atoms with Crippen LogP contribution in [-0.2, 0) is 20.9 Å². The minimum Gasteiger partial charge on any atom is -0.493 e. The lowest BCUT2D eigenvalue weighted by Crippen LogP contribution is -2.61. The summed E-state index contributed by atoms with van der Waals surface area (Å²) in [6.07, 6.45) is 8.46. The third-order valence-electron chi connectivity index (χ3n) is 8.05. The molecule has 0 spiro atoms. The third kappa shape index (κ3) is 4.99. The first-order valence-corrected chi connectivity index (χ1v) is 12.7. The van der Waals surface area contributed by atoms with Gasteiger partial charge in [0.2, 0.25) is 0 Å². The summed E-state index contributed by atoms with van der Waals surface area (Å²) < 4.78 is 21.7. The standard InChI is InChI=1S/C28H33NO7/c1-18(30)22-5-6-24(25(11-22)33-2)35-17-27(32)36-16-26(31)29(15-23-4-3-7-34-23)28-12-19-8-20(13-28)10-21(9-19)14-28/h3-7,11,19-21H,8-10,12-17H2,1-2H3. The molecule has 0 unspecified atom stereocenters. The van der Waals surface area contributed by atoms with E-state index in [2.05, 4.69) is 0 Å². The van der Waals surface area contributed by atoms with E-state index in [1.807, 2.05) is 17.0 Å². The van der Waals surface area contributed by atoms with Gasteiger partial charge in [0, 0.05) is 11.1 Å². The van der Waals surface area contributed by atoms with Crippen molar-refractivity contribution < 1.29 is 33.0 Å². The molecule has 8 nitrogen and oxygen atoms in total. The van der Waals surface area contributed by atoms with Crippen molar-refractivity contribution in [2.75, 3.05) is 20.3 Å². The van der Waals surface area contributed by atoms with Crippen molar-refractivity contribution in [2.24, 2.45) is 17.8 Å². The van der Waals surface area contributed by atoms with E-state index >= 15 is 0 Å². The second kappa shape index (κ2) is 9.99. The molecule has 1 aromatic heterocycles. The van der Waals surface area contributed by atoms with Crippen LogP contribution in [0, 0.1) is 17.8 Å². The number of rotatable bonds is 10. The van der Waals surface area contributed by atoms with Crippen LogP contribution in [0.15, 0.2) is 41.0 Å². The normalized spacial score (nSPS) is 25.9. The van der Waals surface area contributed by atoms with Gasteiger partial charge in [-0.2, -0.15) is 0 Å². The van der Waals surface area contributed by atoms with Crippen LogP contribution < -0.4 is 9.47 Å². The average molecular weight is 496 g/mol. The van der Waals surface area contributed by atoms with E-state index in [1.54, 1.807) is 24.5 Å². The number of ether oxygens (including phenoxy) is 3. The highest BCUT2D eigenvalue weighted by atomic mass is 16.6. The quantitative estimate of drug-likeness (QED) is 0.356. The van der Waals surface area contributed by atoms with Crippen molar-refractivity contribution in [2.45, 2.75) is 57.5 Å². The lowest BCUT2D eigenvalue weighted by atomic mass is 9.52. The fraction of sp³-hybridized carbons (Fsp3) is 0.536. The molecule has 4 aliphatic carbocycles. The zero-order valence-electron chi connectivity index (χ0n) is 20.9. The van der Waals surface area contributed by atoms with Gasteiger partial charge < -0.3 is 23.5 Å². The number of benzene rings is 1. The molecule has 0 atom stereocenters. The van der Waals surface area contributed by atoms with Crippen LogP contribution in [0.25, 0.3) is 0 Å².